The first-order valence-electron chi connectivity index (χ1n) is 7.79. The summed E-state index contributed by atoms with van der Waals surface area (Å²) in [6.07, 6.45) is 2.95. The van der Waals surface area contributed by atoms with Gasteiger partial charge in [0, 0.05) is 17.2 Å². The molecule has 0 fully saturated rings. The number of hydrogen-bond donors (Lipinski definition) is 1. The molecule has 1 heterocycles. The van der Waals surface area contributed by atoms with Crippen molar-refractivity contribution in [3.05, 3.63) is 69.8 Å². The van der Waals surface area contributed by atoms with Crippen LogP contribution in [0.4, 0.5) is 0 Å². The maximum Gasteiger partial charge on any atom is 0.118 e. The van der Waals surface area contributed by atoms with Crippen LogP contribution in [0.25, 0.3) is 10.4 Å². The smallest absolute Gasteiger partial charge is 0.118 e. The first-order chi connectivity index (χ1) is 11.7. The number of nitrogens with one attached hydrogen (secondary N) is 1. The van der Waals surface area contributed by atoms with Gasteiger partial charge in [0.2, 0.25) is 0 Å². The molecule has 0 spiro atoms. The molecule has 1 aromatic heterocycles. The SMILES string of the molecule is COc1ccc(CCNCc2ncc(-c3ccc(Br)cc3)s2)cc1. The van der Waals surface area contributed by atoms with Crippen molar-refractivity contribution in [2.75, 3.05) is 13.7 Å². The van der Waals surface area contributed by atoms with Crippen molar-refractivity contribution in [2.45, 2.75) is 13.0 Å². The van der Waals surface area contributed by atoms with E-state index in [1.807, 2.05) is 18.3 Å². The van der Waals surface area contributed by atoms with Gasteiger partial charge < -0.3 is 10.1 Å². The average Bonchev–Trinajstić information content (AvgIpc) is 3.09. The highest BCUT2D eigenvalue weighted by molar-refractivity contribution is 9.10. The standard InChI is InChI=1S/C19H19BrN2OS/c1-23-17-8-2-14(3-9-17)10-11-21-13-19-22-12-18(24-19)15-4-6-16(20)7-5-15/h2-9,12,21H,10-11,13H2,1H3. The molecular formula is C19H19BrN2OS. The maximum absolute atomic E-state index is 5.17. The van der Waals surface area contributed by atoms with E-state index in [0.29, 0.717) is 0 Å². The number of methoxy groups -OCH3 is 1. The minimum Gasteiger partial charge on any atom is -0.497 e. The summed E-state index contributed by atoms with van der Waals surface area (Å²) in [5, 5.41) is 4.58. The lowest BCUT2D eigenvalue weighted by molar-refractivity contribution is 0.414. The van der Waals surface area contributed by atoms with Crippen LogP contribution in [0.5, 0.6) is 5.75 Å². The lowest BCUT2D eigenvalue weighted by atomic mass is 10.1. The molecule has 0 saturated carbocycles. The van der Waals surface area contributed by atoms with Crippen LogP contribution in [-0.2, 0) is 13.0 Å². The molecule has 2 aromatic carbocycles. The van der Waals surface area contributed by atoms with Crippen LogP contribution in [-0.4, -0.2) is 18.6 Å². The van der Waals surface area contributed by atoms with Gasteiger partial charge in [0.25, 0.3) is 0 Å². The number of ether oxygens (including phenoxy) is 1. The Balaban J connectivity index is 1.47. The van der Waals surface area contributed by atoms with Crippen molar-refractivity contribution in [2.24, 2.45) is 0 Å². The minimum atomic E-state index is 0.803. The molecule has 124 valence electrons. The van der Waals surface area contributed by atoms with Crippen molar-refractivity contribution in [1.29, 1.82) is 0 Å². The monoisotopic (exact) mass is 402 g/mol. The summed E-state index contributed by atoms with van der Waals surface area (Å²) in [5.41, 5.74) is 2.51. The fourth-order valence-corrected chi connectivity index (χ4v) is 3.52. The molecule has 0 bridgehead atoms. The second-order valence-corrected chi connectivity index (χ2v) is 7.43. The zero-order chi connectivity index (χ0) is 16.8. The average molecular weight is 403 g/mol. The highest BCUT2D eigenvalue weighted by atomic mass is 79.9. The van der Waals surface area contributed by atoms with Crippen molar-refractivity contribution in [3.63, 3.8) is 0 Å². The number of hydrogen-bond acceptors (Lipinski definition) is 4. The molecular weight excluding hydrogens is 384 g/mol. The fraction of sp³-hybridized carbons (Fsp3) is 0.211. The molecule has 0 radical (unpaired) electrons. The van der Waals surface area contributed by atoms with E-state index >= 15 is 0 Å². The molecule has 5 heteroatoms. The fourth-order valence-electron chi connectivity index (χ4n) is 2.36. The Morgan fingerprint density at radius 3 is 2.54 bits per heavy atom. The lowest BCUT2D eigenvalue weighted by Crippen LogP contribution is -2.16. The van der Waals surface area contributed by atoms with Gasteiger partial charge in [0.05, 0.1) is 12.0 Å². The van der Waals surface area contributed by atoms with E-state index in [0.717, 1.165) is 34.7 Å². The van der Waals surface area contributed by atoms with E-state index in [4.69, 9.17) is 4.74 Å². The first-order valence-corrected chi connectivity index (χ1v) is 9.40. The second-order valence-electron chi connectivity index (χ2n) is 5.40. The largest absolute Gasteiger partial charge is 0.497 e. The van der Waals surface area contributed by atoms with Crippen molar-refractivity contribution in [3.8, 4) is 16.2 Å². The molecule has 0 unspecified atom stereocenters. The maximum atomic E-state index is 5.17. The Labute approximate surface area is 154 Å². The number of halogens is 1. The quantitative estimate of drug-likeness (QED) is 0.569. The summed E-state index contributed by atoms with van der Waals surface area (Å²) in [6.45, 7) is 1.73. The summed E-state index contributed by atoms with van der Waals surface area (Å²) in [6, 6.07) is 16.5. The third-order valence-electron chi connectivity index (χ3n) is 3.71. The molecule has 0 aliphatic heterocycles. The predicted octanol–water partition coefficient (Wildman–Crippen LogP) is 4.91. The molecule has 3 rings (SSSR count). The van der Waals surface area contributed by atoms with Gasteiger partial charge in [0.15, 0.2) is 0 Å². The van der Waals surface area contributed by atoms with E-state index in [2.05, 4.69) is 62.6 Å². The van der Waals surface area contributed by atoms with E-state index < -0.39 is 0 Å². The Bertz CT molecular complexity index is 769. The number of rotatable bonds is 7. The zero-order valence-corrected chi connectivity index (χ0v) is 15.9. The van der Waals surface area contributed by atoms with Crippen LogP contribution in [0, 0.1) is 0 Å². The van der Waals surface area contributed by atoms with Crippen molar-refractivity contribution in [1.82, 2.24) is 10.3 Å². The zero-order valence-electron chi connectivity index (χ0n) is 13.5. The highest BCUT2D eigenvalue weighted by Crippen LogP contribution is 2.27. The Hall–Kier alpha value is -1.69. The van der Waals surface area contributed by atoms with Gasteiger partial charge in [-0.15, -0.1) is 11.3 Å². The molecule has 0 aliphatic carbocycles. The van der Waals surface area contributed by atoms with E-state index in [-0.39, 0.29) is 0 Å². The van der Waals surface area contributed by atoms with Gasteiger partial charge in [-0.05, 0) is 48.4 Å². The molecule has 1 N–H and O–H groups in total. The summed E-state index contributed by atoms with van der Waals surface area (Å²) in [4.78, 5) is 5.71. The lowest BCUT2D eigenvalue weighted by Gasteiger charge is -2.04. The number of benzene rings is 2. The Morgan fingerprint density at radius 1 is 1.08 bits per heavy atom. The van der Waals surface area contributed by atoms with E-state index in [1.54, 1.807) is 18.4 Å². The van der Waals surface area contributed by atoms with Crippen LogP contribution in [0.2, 0.25) is 0 Å². The summed E-state index contributed by atoms with van der Waals surface area (Å²) in [5.74, 6) is 0.898. The third kappa shape index (κ3) is 4.66. The van der Waals surface area contributed by atoms with Crippen LogP contribution in [0.3, 0.4) is 0 Å². The Kier molecular flexibility index (Phi) is 6.01. The first kappa shape index (κ1) is 17.1. The predicted molar refractivity (Wildman–Crippen MR) is 104 cm³/mol. The molecule has 0 atom stereocenters. The van der Waals surface area contributed by atoms with Crippen molar-refractivity contribution >= 4 is 27.3 Å². The van der Waals surface area contributed by atoms with Gasteiger partial charge in [-0.2, -0.15) is 0 Å². The highest BCUT2D eigenvalue weighted by Gasteiger charge is 2.04. The molecule has 3 nitrogen and oxygen atoms in total. The normalized spacial score (nSPS) is 10.8. The third-order valence-corrected chi connectivity index (χ3v) is 5.28. The number of nitrogens with zero attached hydrogens (tertiary/aromatic N) is 1. The number of thiazole rings is 1. The van der Waals surface area contributed by atoms with Gasteiger partial charge in [-0.25, -0.2) is 4.98 Å². The van der Waals surface area contributed by atoms with Crippen LogP contribution < -0.4 is 10.1 Å². The molecule has 0 aliphatic rings. The summed E-state index contributed by atoms with van der Waals surface area (Å²) >= 11 is 5.20. The van der Waals surface area contributed by atoms with Crippen molar-refractivity contribution < 1.29 is 4.74 Å². The van der Waals surface area contributed by atoms with Gasteiger partial charge in [-0.1, -0.05) is 40.2 Å². The van der Waals surface area contributed by atoms with Gasteiger partial charge >= 0.3 is 0 Å². The minimum absolute atomic E-state index is 0.803. The van der Waals surface area contributed by atoms with Crippen LogP contribution >= 0.6 is 27.3 Å². The molecule has 24 heavy (non-hydrogen) atoms. The van der Waals surface area contributed by atoms with Crippen LogP contribution in [0.15, 0.2) is 59.2 Å². The molecule has 0 amide bonds. The van der Waals surface area contributed by atoms with E-state index in [9.17, 15) is 0 Å². The molecule has 3 aromatic rings. The van der Waals surface area contributed by atoms with Gasteiger partial charge in [0.1, 0.15) is 10.8 Å². The summed E-state index contributed by atoms with van der Waals surface area (Å²) < 4.78 is 6.27. The Morgan fingerprint density at radius 2 is 1.83 bits per heavy atom. The van der Waals surface area contributed by atoms with Gasteiger partial charge in [-0.3, -0.25) is 0 Å². The topological polar surface area (TPSA) is 34.1 Å². The molecule has 0 saturated heterocycles. The second kappa shape index (κ2) is 8.42. The summed E-state index contributed by atoms with van der Waals surface area (Å²) in [7, 11) is 1.69. The van der Waals surface area contributed by atoms with Crippen LogP contribution in [0.1, 0.15) is 10.6 Å². The van der Waals surface area contributed by atoms with E-state index in [1.165, 1.54) is 16.0 Å². The number of aromatic nitrogens is 1.